The summed E-state index contributed by atoms with van der Waals surface area (Å²) < 4.78 is 12.1. The second-order valence-corrected chi connectivity index (χ2v) is 11.8. The first-order valence-electron chi connectivity index (χ1n) is 14.6. The lowest BCUT2D eigenvalue weighted by Gasteiger charge is -2.24. The first-order valence-corrected chi connectivity index (χ1v) is 14.9. The van der Waals surface area contributed by atoms with Gasteiger partial charge in [-0.15, -0.1) is 0 Å². The Bertz CT molecular complexity index is 1770. The van der Waals surface area contributed by atoms with E-state index in [1.165, 1.54) is 12.8 Å². The van der Waals surface area contributed by atoms with Crippen molar-refractivity contribution < 1.29 is 9.26 Å². The number of fused-ring (bicyclic) bond motifs is 1. The van der Waals surface area contributed by atoms with Crippen molar-refractivity contribution in [3.05, 3.63) is 98.1 Å². The molecule has 1 saturated heterocycles. The molecule has 2 N–H and O–H groups in total. The van der Waals surface area contributed by atoms with E-state index in [4.69, 9.17) is 20.9 Å². The Balaban J connectivity index is 1.39. The number of H-pyrrole nitrogens is 1. The molecule has 3 heterocycles. The molecule has 0 radical (unpaired) electrons. The summed E-state index contributed by atoms with van der Waals surface area (Å²) in [5, 5.41) is 9.06. The molecule has 0 bridgehead atoms. The van der Waals surface area contributed by atoms with Gasteiger partial charge in [-0.05, 0) is 69.8 Å². The molecule has 0 amide bonds. The van der Waals surface area contributed by atoms with Gasteiger partial charge in [-0.3, -0.25) is 4.79 Å². The molecule has 6 rings (SSSR count). The van der Waals surface area contributed by atoms with Crippen molar-refractivity contribution >= 4 is 22.5 Å². The number of rotatable bonds is 8. The molecule has 0 aliphatic carbocycles. The average molecular weight is 583 g/mol. The predicted molar refractivity (Wildman–Crippen MR) is 168 cm³/mol. The van der Waals surface area contributed by atoms with Crippen molar-refractivity contribution in [2.24, 2.45) is 0 Å². The van der Waals surface area contributed by atoms with Gasteiger partial charge in [0.2, 0.25) is 11.7 Å². The standard InChI is InChI=1S/C34H35ClN4O3/c1-20-7-9-23(10-8-20)33-38-30(42-39-33)18-24-17-27-29(19-28(24)35)37-34(40)31(25-15-21(2)14-22(3)16-25)32(27)41-13-11-26-6-4-5-12-36-26/h7-10,14-17,19,26,36H,4-6,11-13,18H2,1-3H3,(H,37,40). The number of hydrogen-bond acceptors (Lipinski definition) is 6. The molecular weight excluding hydrogens is 548 g/mol. The van der Waals surface area contributed by atoms with Crippen LogP contribution in [0.1, 0.15) is 53.8 Å². The highest BCUT2D eigenvalue weighted by Crippen LogP contribution is 2.37. The van der Waals surface area contributed by atoms with Gasteiger partial charge in [0.05, 0.1) is 24.1 Å². The smallest absolute Gasteiger partial charge is 0.260 e. The Morgan fingerprint density at radius 2 is 1.76 bits per heavy atom. The molecule has 42 heavy (non-hydrogen) atoms. The zero-order chi connectivity index (χ0) is 29.2. The van der Waals surface area contributed by atoms with Crippen LogP contribution in [0.15, 0.2) is 63.9 Å². The number of halogens is 1. The summed E-state index contributed by atoms with van der Waals surface area (Å²) in [5.74, 6) is 1.55. The van der Waals surface area contributed by atoms with Crippen molar-refractivity contribution in [3.63, 3.8) is 0 Å². The number of nitrogens with one attached hydrogen (secondary N) is 2. The van der Waals surface area contributed by atoms with Gasteiger partial charge in [0.15, 0.2) is 0 Å². The number of benzene rings is 3. The predicted octanol–water partition coefficient (Wildman–Crippen LogP) is 7.33. The molecule has 1 fully saturated rings. The molecule has 8 heteroatoms. The van der Waals surface area contributed by atoms with Gasteiger partial charge in [-0.25, -0.2) is 0 Å². The van der Waals surface area contributed by atoms with Crippen LogP contribution in [0.4, 0.5) is 0 Å². The lowest BCUT2D eigenvalue weighted by atomic mass is 9.98. The molecule has 0 spiro atoms. The lowest BCUT2D eigenvalue weighted by molar-refractivity contribution is 0.271. The number of pyridine rings is 1. The van der Waals surface area contributed by atoms with Crippen LogP contribution in [-0.2, 0) is 6.42 Å². The van der Waals surface area contributed by atoms with Gasteiger partial charge in [-0.2, -0.15) is 4.98 Å². The van der Waals surface area contributed by atoms with Gasteiger partial charge in [0, 0.05) is 22.0 Å². The van der Waals surface area contributed by atoms with Crippen molar-refractivity contribution in [3.8, 4) is 28.3 Å². The van der Waals surface area contributed by atoms with Crippen LogP contribution in [0.5, 0.6) is 5.75 Å². The van der Waals surface area contributed by atoms with Gasteiger partial charge in [-0.1, -0.05) is 82.3 Å². The number of ether oxygens (including phenoxy) is 1. The SMILES string of the molecule is Cc1ccc(-c2noc(Cc3cc4c(OCCC5CCCCN5)c(-c5cc(C)cc(C)c5)c(=O)[nH]c4cc3Cl)n2)cc1. The van der Waals surface area contributed by atoms with Gasteiger partial charge >= 0.3 is 0 Å². The van der Waals surface area contributed by atoms with E-state index in [0.717, 1.165) is 58.2 Å². The third kappa shape index (κ3) is 6.13. The summed E-state index contributed by atoms with van der Waals surface area (Å²) in [6.45, 7) is 7.64. The van der Waals surface area contributed by atoms with Crippen LogP contribution >= 0.6 is 11.6 Å². The van der Waals surface area contributed by atoms with Crippen LogP contribution in [0.25, 0.3) is 33.4 Å². The zero-order valence-electron chi connectivity index (χ0n) is 24.2. The molecule has 0 saturated carbocycles. The second-order valence-electron chi connectivity index (χ2n) is 11.4. The Hall–Kier alpha value is -3.94. The third-order valence-electron chi connectivity index (χ3n) is 7.89. The topological polar surface area (TPSA) is 93.0 Å². The fourth-order valence-electron chi connectivity index (χ4n) is 5.78. The minimum Gasteiger partial charge on any atom is -0.492 e. The summed E-state index contributed by atoms with van der Waals surface area (Å²) in [6, 6.07) is 18.3. The first-order chi connectivity index (χ1) is 20.3. The maximum atomic E-state index is 13.6. The van der Waals surface area contributed by atoms with Gasteiger partial charge < -0.3 is 19.6 Å². The van der Waals surface area contributed by atoms with E-state index < -0.39 is 0 Å². The van der Waals surface area contributed by atoms with E-state index in [0.29, 0.717) is 52.6 Å². The Morgan fingerprint density at radius 3 is 2.50 bits per heavy atom. The molecule has 7 nitrogen and oxygen atoms in total. The molecule has 1 aliphatic rings. The summed E-state index contributed by atoms with van der Waals surface area (Å²) >= 11 is 6.74. The minimum absolute atomic E-state index is 0.207. The van der Waals surface area contributed by atoms with Crippen LogP contribution < -0.4 is 15.6 Å². The van der Waals surface area contributed by atoms with E-state index in [-0.39, 0.29) is 5.56 Å². The maximum Gasteiger partial charge on any atom is 0.260 e. The third-order valence-corrected chi connectivity index (χ3v) is 8.24. The molecule has 1 unspecified atom stereocenters. The zero-order valence-corrected chi connectivity index (χ0v) is 25.0. The van der Waals surface area contributed by atoms with Crippen molar-refractivity contribution in [2.45, 2.75) is 58.9 Å². The highest BCUT2D eigenvalue weighted by atomic mass is 35.5. The summed E-state index contributed by atoms with van der Waals surface area (Å²) in [6.07, 6.45) is 4.78. The number of piperidine rings is 1. The van der Waals surface area contributed by atoms with E-state index in [9.17, 15) is 4.79 Å². The summed E-state index contributed by atoms with van der Waals surface area (Å²) in [4.78, 5) is 21.2. The summed E-state index contributed by atoms with van der Waals surface area (Å²) in [7, 11) is 0. The average Bonchev–Trinajstić information content (AvgIpc) is 3.42. The Morgan fingerprint density at radius 1 is 0.976 bits per heavy atom. The molecular formula is C34H35ClN4O3. The van der Waals surface area contributed by atoms with Crippen molar-refractivity contribution in [1.82, 2.24) is 20.4 Å². The minimum atomic E-state index is -0.207. The molecule has 5 aromatic rings. The van der Waals surface area contributed by atoms with Crippen LogP contribution in [-0.4, -0.2) is 34.3 Å². The lowest BCUT2D eigenvalue weighted by Crippen LogP contribution is -2.35. The molecule has 2 aromatic heterocycles. The molecule has 3 aromatic carbocycles. The van der Waals surface area contributed by atoms with Gasteiger partial charge in [0.25, 0.3) is 5.56 Å². The van der Waals surface area contributed by atoms with Crippen molar-refractivity contribution in [2.75, 3.05) is 13.2 Å². The number of hydrogen-bond donors (Lipinski definition) is 2. The van der Waals surface area contributed by atoms with E-state index in [1.807, 2.05) is 63.2 Å². The van der Waals surface area contributed by atoms with Crippen LogP contribution in [0.3, 0.4) is 0 Å². The van der Waals surface area contributed by atoms with Gasteiger partial charge in [0.1, 0.15) is 5.75 Å². The Labute approximate surface area is 250 Å². The highest BCUT2D eigenvalue weighted by molar-refractivity contribution is 6.32. The number of aromatic nitrogens is 3. The van der Waals surface area contributed by atoms with E-state index in [1.54, 1.807) is 6.07 Å². The molecule has 216 valence electrons. The molecule has 1 aliphatic heterocycles. The fraction of sp³-hybridized carbons (Fsp3) is 0.324. The number of nitrogens with zero attached hydrogens (tertiary/aromatic N) is 2. The monoisotopic (exact) mass is 582 g/mol. The Kier molecular flexibility index (Phi) is 8.13. The quantitative estimate of drug-likeness (QED) is 0.199. The molecule has 1 atom stereocenters. The maximum absolute atomic E-state index is 13.6. The van der Waals surface area contributed by atoms with E-state index >= 15 is 0 Å². The number of aryl methyl sites for hydroxylation is 3. The summed E-state index contributed by atoms with van der Waals surface area (Å²) in [5.41, 5.74) is 6.80. The van der Waals surface area contributed by atoms with Crippen molar-refractivity contribution in [1.29, 1.82) is 0 Å². The largest absolute Gasteiger partial charge is 0.492 e. The first kappa shape index (κ1) is 28.2. The highest BCUT2D eigenvalue weighted by Gasteiger charge is 2.21. The van der Waals surface area contributed by atoms with Crippen LogP contribution in [0.2, 0.25) is 5.02 Å². The van der Waals surface area contributed by atoms with E-state index in [2.05, 4.69) is 26.5 Å². The fourth-order valence-corrected chi connectivity index (χ4v) is 6.01. The van der Waals surface area contributed by atoms with Crippen LogP contribution in [0, 0.1) is 20.8 Å². The second kappa shape index (κ2) is 12.1. The number of aromatic amines is 1. The normalized spacial score (nSPS) is 15.3.